The Balaban J connectivity index is 2.60. The van der Waals surface area contributed by atoms with E-state index in [9.17, 15) is 0 Å². The molecule has 0 heterocycles. The summed E-state index contributed by atoms with van der Waals surface area (Å²) >= 11 is 0. The van der Waals surface area contributed by atoms with Gasteiger partial charge in [0, 0.05) is 0 Å². The molecule has 0 bridgehead atoms. The molecular formula is C42H66N2. The van der Waals surface area contributed by atoms with Crippen molar-refractivity contribution in [1.82, 2.24) is 0 Å². The summed E-state index contributed by atoms with van der Waals surface area (Å²) < 4.78 is 0. The van der Waals surface area contributed by atoms with Crippen molar-refractivity contribution < 1.29 is 0 Å². The Morgan fingerprint density at radius 3 is 1.23 bits per heavy atom. The van der Waals surface area contributed by atoms with Crippen molar-refractivity contribution >= 4 is 22.8 Å². The molecule has 0 aliphatic rings. The van der Waals surface area contributed by atoms with Gasteiger partial charge in [-0.1, -0.05) is 118 Å². The van der Waals surface area contributed by atoms with Crippen molar-refractivity contribution in [3.63, 3.8) is 0 Å². The molecule has 2 rings (SSSR count). The Morgan fingerprint density at radius 1 is 0.477 bits per heavy atom. The maximum atomic E-state index is 5.42. The third-order valence-electron chi connectivity index (χ3n) is 8.44. The van der Waals surface area contributed by atoms with Gasteiger partial charge in [0.15, 0.2) is 0 Å². The highest BCUT2D eigenvalue weighted by Gasteiger charge is 2.11. The van der Waals surface area contributed by atoms with Crippen molar-refractivity contribution in [3.8, 4) is 0 Å². The van der Waals surface area contributed by atoms with Crippen LogP contribution in [0.1, 0.15) is 167 Å². The Labute approximate surface area is 273 Å². The summed E-state index contributed by atoms with van der Waals surface area (Å²) in [6.07, 6.45) is 28.5. The Bertz CT molecular complexity index is 1080. The maximum Gasteiger partial charge on any atom is 0.0848 e. The van der Waals surface area contributed by atoms with E-state index in [2.05, 4.69) is 90.1 Å². The van der Waals surface area contributed by atoms with E-state index >= 15 is 0 Å². The number of hydrogen-bond acceptors (Lipinski definition) is 2. The van der Waals surface area contributed by atoms with Crippen molar-refractivity contribution in [1.29, 1.82) is 0 Å². The average molecular weight is 599 g/mol. The van der Waals surface area contributed by atoms with Crippen molar-refractivity contribution in [2.75, 3.05) is 0 Å². The van der Waals surface area contributed by atoms with Gasteiger partial charge in [0.1, 0.15) is 0 Å². The first kappa shape index (κ1) is 37.7. The monoisotopic (exact) mass is 599 g/mol. The van der Waals surface area contributed by atoms with Gasteiger partial charge in [0.05, 0.1) is 22.8 Å². The summed E-state index contributed by atoms with van der Waals surface area (Å²) in [6.45, 7) is 13.6. The second-order valence-corrected chi connectivity index (χ2v) is 12.8. The van der Waals surface area contributed by atoms with Gasteiger partial charge in [-0.2, -0.15) is 0 Å². The van der Waals surface area contributed by atoms with Crippen LogP contribution >= 0.6 is 0 Å². The highest BCUT2D eigenvalue weighted by atomic mass is 14.8. The largest absolute Gasteiger partial charge is 0.251 e. The first-order chi connectivity index (χ1) is 21.6. The first-order valence-corrected chi connectivity index (χ1v) is 18.6. The number of rotatable bonds is 24. The summed E-state index contributed by atoms with van der Waals surface area (Å²) in [5, 5.41) is 0. The molecule has 0 spiro atoms. The fraction of sp³-hybridized carbons (Fsp3) is 0.619. The van der Waals surface area contributed by atoms with Gasteiger partial charge >= 0.3 is 0 Å². The fourth-order valence-corrected chi connectivity index (χ4v) is 5.82. The minimum absolute atomic E-state index is 0.953. The molecule has 0 aromatic heterocycles. The van der Waals surface area contributed by atoms with Crippen LogP contribution in [0.5, 0.6) is 0 Å². The van der Waals surface area contributed by atoms with Crippen LogP contribution in [0.25, 0.3) is 0 Å². The Kier molecular flexibility index (Phi) is 20.4. The molecule has 0 saturated carbocycles. The summed E-state index contributed by atoms with van der Waals surface area (Å²) in [5.74, 6) is 0. The Hall–Kier alpha value is -2.48. The van der Waals surface area contributed by atoms with E-state index in [1.54, 1.807) is 0 Å². The molecular weight excluding hydrogens is 532 g/mol. The second-order valence-electron chi connectivity index (χ2n) is 12.8. The van der Waals surface area contributed by atoms with Crippen LogP contribution in [0.3, 0.4) is 0 Å². The molecule has 2 heteroatoms. The van der Waals surface area contributed by atoms with Crippen molar-refractivity contribution in [2.45, 2.75) is 170 Å². The molecule has 0 aliphatic heterocycles. The molecule has 244 valence electrons. The third kappa shape index (κ3) is 15.5. The van der Waals surface area contributed by atoms with Gasteiger partial charge in [-0.05, 0) is 123 Å². The number of aryl methyl sites for hydroxylation is 4. The summed E-state index contributed by atoms with van der Waals surface area (Å²) in [7, 11) is 0. The van der Waals surface area contributed by atoms with E-state index in [0.29, 0.717) is 0 Å². The van der Waals surface area contributed by atoms with Gasteiger partial charge in [-0.3, -0.25) is 4.99 Å². The fourth-order valence-electron chi connectivity index (χ4n) is 5.82. The Morgan fingerprint density at radius 2 is 0.864 bits per heavy atom. The van der Waals surface area contributed by atoms with E-state index in [4.69, 9.17) is 9.98 Å². The highest BCUT2D eigenvalue weighted by Crippen LogP contribution is 2.25. The molecule has 0 radical (unpaired) electrons. The van der Waals surface area contributed by atoms with Crippen LogP contribution in [0.2, 0.25) is 0 Å². The van der Waals surface area contributed by atoms with Crippen LogP contribution < -0.4 is 0 Å². The number of hydrogen-bond donors (Lipinski definition) is 0. The highest BCUT2D eigenvalue weighted by molar-refractivity contribution is 6.47. The molecule has 0 saturated heterocycles. The zero-order chi connectivity index (χ0) is 31.8. The van der Waals surface area contributed by atoms with Gasteiger partial charge in [-0.15, -0.1) is 0 Å². The molecule has 44 heavy (non-hydrogen) atoms. The quantitative estimate of drug-likeness (QED) is 0.0848. The number of allylic oxidation sites excluding steroid dienone is 2. The van der Waals surface area contributed by atoms with Crippen LogP contribution in [-0.4, -0.2) is 11.4 Å². The maximum absolute atomic E-state index is 5.42. The van der Waals surface area contributed by atoms with Crippen LogP contribution in [0, 0.1) is 0 Å². The predicted molar refractivity (Wildman–Crippen MR) is 199 cm³/mol. The van der Waals surface area contributed by atoms with Gasteiger partial charge in [0.25, 0.3) is 0 Å². The van der Waals surface area contributed by atoms with Gasteiger partial charge < -0.3 is 0 Å². The van der Waals surface area contributed by atoms with Crippen LogP contribution in [0.4, 0.5) is 11.4 Å². The SMILES string of the molecule is CC/C=C/C(=Nc1cc(CCCCC)cc(CCCCC)c1)C(CCCC)=Nc1cc(CCCCC)cc(CCCCC)c1. The molecule has 0 fully saturated rings. The lowest BCUT2D eigenvalue weighted by atomic mass is 9.99. The molecule has 2 aromatic carbocycles. The lowest BCUT2D eigenvalue weighted by Crippen LogP contribution is -2.12. The van der Waals surface area contributed by atoms with E-state index in [1.807, 2.05) is 0 Å². The van der Waals surface area contributed by atoms with E-state index in [-0.39, 0.29) is 0 Å². The standard InChI is InChI=1S/C42H66N2/c1-7-13-19-23-35-29-36(24-20-14-8-2)32-39(31-35)43-41(27-17-11-5)42(28-18-12-6)44-40-33-37(25-21-15-9-3)30-38(34-40)26-22-16-10-4/h17,27,29-34H,7-16,18-26,28H2,1-6H3/b27-17+,43-41?,44-42?. The van der Waals surface area contributed by atoms with Gasteiger partial charge in [0.2, 0.25) is 0 Å². The third-order valence-corrected chi connectivity index (χ3v) is 8.44. The smallest absolute Gasteiger partial charge is 0.0848 e. The molecule has 2 aromatic rings. The van der Waals surface area contributed by atoms with Gasteiger partial charge in [-0.25, -0.2) is 4.99 Å². The first-order valence-electron chi connectivity index (χ1n) is 18.6. The topological polar surface area (TPSA) is 24.7 Å². The van der Waals surface area contributed by atoms with E-state index in [1.165, 1.54) is 99.3 Å². The molecule has 0 N–H and O–H groups in total. The molecule has 0 amide bonds. The number of unbranched alkanes of at least 4 members (excludes halogenated alkanes) is 9. The van der Waals surface area contributed by atoms with Crippen molar-refractivity contribution in [2.24, 2.45) is 9.98 Å². The second kappa shape index (κ2) is 23.8. The summed E-state index contributed by atoms with van der Waals surface area (Å²) in [6, 6.07) is 14.3. The molecule has 0 atom stereocenters. The van der Waals surface area contributed by atoms with Crippen molar-refractivity contribution in [3.05, 3.63) is 70.8 Å². The van der Waals surface area contributed by atoms with E-state index < -0.39 is 0 Å². The molecule has 0 aliphatic carbocycles. The molecule has 0 unspecified atom stereocenters. The summed E-state index contributed by atoms with van der Waals surface area (Å²) in [4.78, 5) is 10.8. The minimum Gasteiger partial charge on any atom is -0.251 e. The zero-order valence-electron chi connectivity index (χ0n) is 29.7. The number of aliphatic imine (C=N–C) groups is 2. The minimum atomic E-state index is 0.953. The zero-order valence-corrected chi connectivity index (χ0v) is 29.7. The van der Waals surface area contributed by atoms with E-state index in [0.717, 1.165) is 74.2 Å². The summed E-state index contributed by atoms with van der Waals surface area (Å²) in [5.41, 5.74) is 10.1. The molecule has 2 nitrogen and oxygen atoms in total. The lowest BCUT2D eigenvalue weighted by Gasteiger charge is -2.12. The number of nitrogens with zero attached hydrogens (tertiary/aromatic N) is 2. The average Bonchev–Trinajstić information content (AvgIpc) is 3.02. The predicted octanol–water partition coefficient (Wildman–Crippen LogP) is 13.6. The van der Waals surface area contributed by atoms with Crippen LogP contribution in [0.15, 0.2) is 58.5 Å². The number of benzene rings is 2. The normalized spacial score (nSPS) is 12.5. The lowest BCUT2D eigenvalue weighted by molar-refractivity contribution is 0.708. The van der Waals surface area contributed by atoms with Crippen LogP contribution in [-0.2, 0) is 25.7 Å².